The van der Waals surface area contributed by atoms with Crippen LogP contribution in [0.5, 0.6) is 0 Å². The van der Waals surface area contributed by atoms with E-state index in [0.29, 0.717) is 29.1 Å². The molecule has 0 fully saturated rings. The topological polar surface area (TPSA) is 76.5 Å². The number of hydrogen-bond donors (Lipinski definition) is 1. The maximum atomic E-state index is 13.5. The summed E-state index contributed by atoms with van der Waals surface area (Å²) in [6.07, 6.45) is -0.574. The van der Waals surface area contributed by atoms with E-state index in [-0.39, 0.29) is 18.7 Å². The van der Waals surface area contributed by atoms with E-state index in [1.165, 1.54) is 22.9 Å². The number of rotatable bonds is 7. The molecule has 7 nitrogen and oxygen atoms in total. The lowest BCUT2D eigenvalue weighted by atomic mass is 10.1. The van der Waals surface area contributed by atoms with E-state index in [1.807, 2.05) is 19.0 Å². The first-order valence-electron chi connectivity index (χ1n) is 9.53. The van der Waals surface area contributed by atoms with Gasteiger partial charge in [0.25, 0.3) is 5.56 Å². The Bertz CT molecular complexity index is 1130. The molecule has 9 heteroatoms. The zero-order chi connectivity index (χ0) is 22.4. The van der Waals surface area contributed by atoms with Gasteiger partial charge in [-0.25, -0.2) is 18.3 Å². The van der Waals surface area contributed by atoms with Crippen LogP contribution in [0.2, 0.25) is 0 Å². The molecular formula is C22H22F2N4O3. The molecule has 31 heavy (non-hydrogen) atoms. The van der Waals surface area contributed by atoms with Gasteiger partial charge in [-0.1, -0.05) is 12.1 Å². The second-order valence-corrected chi connectivity index (χ2v) is 7.11. The van der Waals surface area contributed by atoms with Gasteiger partial charge in [0.2, 0.25) is 0 Å². The summed E-state index contributed by atoms with van der Waals surface area (Å²) in [4.78, 5) is 26.0. The van der Waals surface area contributed by atoms with E-state index in [0.717, 1.165) is 12.1 Å². The van der Waals surface area contributed by atoms with Gasteiger partial charge in [-0.3, -0.25) is 10.1 Å². The minimum Gasteiger partial charge on any atom is -0.448 e. The SMILES string of the molecule is CN(C)CCOC(=O)Nc1cccc(Cn2nc(-c3ccc(F)c(F)c3)ccc2=O)c1. The van der Waals surface area contributed by atoms with E-state index in [9.17, 15) is 18.4 Å². The predicted octanol–water partition coefficient (Wildman–Crippen LogP) is 3.35. The van der Waals surface area contributed by atoms with Gasteiger partial charge in [0.1, 0.15) is 6.61 Å². The first-order valence-corrected chi connectivity index (χ1v) is 9.53. The van der Waals surface area contributed by atoms with Crippen molar-refractivity contribution in [3.05, 3.63) is 82.1 Å². The highest BCUT2D eigenvalue weighted by Gasteiger charge is 2.09. The van der Waals surface area contributed by atoms with Gasteiger partial charge in [-0.2, -0.15) is 5.10 Å². The Morgan fingerprint density at radius 1 is 1.10 bits per heavy atom. The maximum absolute atomic E-state index is 13.5. The number of aromatic nitrogens is 2. The van der Waals surface area contributed by atoms with Crippen molar-refractivity contribution in [1.29, 1.82) is 0 Å². The number of likely N-dealkylation sites (N-methyl/N-ethyl adjacent to an activating group) is 1. The van der Waals surface area contributed by atoms with E-state index in [1.54, 1.807) is 24.3 Å². The van der Waals surface area contributed by atoms with Gasteiger partial charge in [0.15, 0.2) is 11.6 Å². The van der Waals surface area contributed by atoms with Crippen molar-refractivity contribution >= 4 is 11.8 Å². The number of carbonyl (C=O) groups is 1. The van der Waals surface area contributed by atoms with Crippen molar-refractivity contribution in [1.82, 2.24) is 14.7 Å². The molecule has 0 saturated carbocycles. The Morgan fingerprint density at radius 3 is 2.65 bits per heavy atom. The van der Waals surface area contributed by atoms with Gasteiger partial charge in [0.05, 0.1) is 12.2 Å². The quantitative estimate of drug-likeness (QED) is 0.625. The molecule has 0 unspecified atom stereocenters. The highest BCUT2D eigenvalue weighted by atomic mass is 19.2. The van der Waals surface area contributed by atoms with Crippen LogP contribution in [0.4, 0.5) is 19.3 Å². The van der Waals surface area contributed by atoms with E-state index < -0.39 is 17.7 Å². The minimum atomic E-state index is -0.992. The Labute approximate surface area is 177 Å². The van der Waals surface area contributed by atoms with Crippen molar-refractivity contribution in [2.75, 3.05) is 32.6 Å². The van der Waals surface area contributed by atoms with Crippen molar-refractivity contribution in [3.8, 4) is 11.3 Å². The summed E-state index contributed by atoms with van der Waals surface area (Å²) in [6.45, 7) is 0.993. The third-order valence-corrected chi connectivity index (χ3v) is 4.36. The maximum Gasteiger partial charge on any atom is 0.411 e. The molecule has 0 bridgehead atoms. The van der Waals surface area contributed by atoms with Crippen LogP contribution in [0.25, 0.3) is 11.3 Å². The lowest BCUT2D eigenvalue weighted by molar-refractivity contribution is 0.151. The Kier molecular flexibility index (Phi) is 7.09. The number of anilines is 1. The normalized spacial score (nSPS) is 10.9. The zero-order valence-electron chi connectivity index (χ0n) is 17.1. The van der Waals surface area contributed by atoms with Crippen LogP contribution in [-0.4, -0.2) is 48.0 Å². The second kappa shape index (κ2) is 9.94. The Balaban J connectivity index is 1.74. The number of amides is 1. The molecule has 0 aliphatic carbocycles. The molecule has 1 amide bonds. The molecule has 0 radical (unpaired) electrons. The number of halogens is 2. The highest BCUT2D eigenvalue weighted by Crippen LogP contribution is 2.19. The number of nitrogens with one attached hydrogen (secondary N) is 1. The number of carbonyl (C=O) groups excluding carboxylic acids is 1. The molecule has 0 aliphatic heterocycles. The largest absolute Gasteiger partial charge is 0.448 e. The first kappa shape index (κ1) is 22.1. The molecular weight excluding hydrogens is 406 g/mol. The Hall–Kier alpha value is -3.59. The molecule has 0 saturated heterocycles. The summed E-state index contributed by atoms with van der Waals surface area (Å²) in [5, 5.41) is 6.90. The van der Waals surface area contributed by atoms with Crippen LogP contribution in [0.15, 0.2) is 59.4 Å². The number of nitrogens with zero attached hydrogens (tertiary/aromatic N) is 3. The molecule has 162 valence electrons. The molecule has 1 heterocycles. The van der Waals surface area contributed by atoms with Crippen LogP contribution in [0.3, 0.4) is 0 Å². The molecule has 3 rings (SSSR count). The fourth-order valence-electron chi connectivity index (χ4n) is 2.77. The van der Waals surface area contributed by atoms with Gasteiger partial charge >= 0.3 is 6.09 Å². The van der Waals surface area contributed by atoms with Crippen molar-refractivity contribution in [3.63, 3.8) is 0 Å². The van der Waals surface area contributed by atoms with Gasteiger partial charge in [-0.05, 0) is 56.1 Å². The van der Waals surface area contributed by atoms with Crippen LogP contribution in [-0.2, 0) is 11.3 Å². The third kappa shape index (κ3) is 6.19. The standard InChI is InChI=1S/C22H22F2N4O3/c1-27(2)10-11-31-22(30)25-17-5-3-4-15(12-17)14-28-21(29)9-8-20(26-28)16-6-7-18(23)19(24)13-16/h3-9,12-13H,10-11,14H2,1-2H3,(H,25,30). The fraction of sp³-hybridized carbons (Fsp3) is 0.227. The highest BCUT2D eigenvalue weighted by molar-refractivity contribution is 5.84. The minimum absolute atomic E-state index is 0.127. The summed E-state index contributed by atoms with van der Waals surface area (Å²) in [5.41, 5.74) is 1.55. The van der Waals surface area contributed by atoms with Gasteiger partial charge in [-0.15, -0.1) is 0 Å². The van der Waals surface area contributed by atoms with Crippen LogP contribution in [0.1, 0.15) is 5.56 Å². The Morgan fingerprint density at radius 2 is 1.90 bits per heavy atom. The summed E-state index contributed by atoms with van der Waals surface area (Å²) >= 11 is 0. The molecule has 1 aromatic heterocycles. The molecule has 0 aliphatic rings. The number of benzene rings is 2. The summed E-state index contributed by atoms with van der Waals surface area (Å²) in [7, 11) is 3.75. The third-order valence-electron chi connectivity index (χ3n) is 4.36. The van der Waals surface area contributed by atoms with Crippen LogP contribution >= 0.6 is 0 Å². The van der Waals surface area contributed by atoms with Crippen molar-refractivity contribution in [2.24, 2.45) is 0 Å². The number of ether oxygens (including phenoxy) is 1. The first-order chi connectivity index (χ1) is 14.8. The zero-order valence-corrected chi connectivity index (χ0v) is 17.1. The molecule has 0 spiro atoms. The van der Waals surface area contributed by atoms with Crippen molar-refractivity contribution < 1.29 is 18.3 Å². The molecule has 1 N–H and O–H groups in total. The average molecular weight is 428 g/mol. The monoisotopic (exact) mass is 428 g/mol. The molecule has 3 aromatic rings. The molecule has 2 aromatic carbocycles. The summed E-state index contributed by atoms with van der Waals surface area (Å²) < 4.78 is 33.0. The summed E-state index contributed by atoms with van der Waals surface area (Å²) in [5.74, 6) is -1.95. The summed E-state index contributed by atoms with van der Waals surface area (Å²) in [6, 6.07) is 13.1. The van der Waals surface area contributed by atoms with Crippen LogP contribution < -0.4 is 10.9 Å². The predicted molar refractivity (Wildman–Crippen MR) is 113 cm³/mol. The number of hydrogen-bond acceptors (Lipinski definition) is 5. The lowest BCUT2D eigenvalue weighted by Crippen LogP contribution is -2.23. The van der Waals surface area contributed by atoms with Crippen molar-refractivity contribution in [2.45, 2.75) is 6.54 Å². The van der Waals surface area contributed by atoms with E-state index in [2.05, 4.69) is 10.4 Å². The smallest absolute Gasteiger partial charge is 0.411 e. The van der Waals surface area contributed by atoms with Gasteiger partial charge in [0, 0.05) is 23.9 Å². The van der Waals surface area contributed by atoms with Gasteiger partial charge < -0.3 is 9.64 Å². The van der Waals surface area contributed by atoms with E-state index >= 15 is 0 Å². The second-order valence-electron chi connectivity index (χ2n) is 7.11. The lowest BCUT2D eigenvalue weighted by Gasteiger charge is -2.12. The average Bonchev–Trinajstić information content (AvgIpc) is 2.72. The molecule has 0 atom stereocenters. The fourth-order valence-corrected chi connectivity index (χ4v) is 2.77. The van der Waals surface area contributed by atoms with E-state index in [4.69, 9.17) is 4.74 Å². The van der Waals surface area contributed by atoms with Crippen LogP contribution in [0, 0.1) is 11.6 Å².